The number of hydrogen-bond donors (Lipinski definition) is 0. The monoisotopic (exact) mass is 364 g/mol. The summed E-state index contributed by atoms with van der Waals surface area (Å²) in [5.74, 6) is -0.0345. The Morgan fingerprint density at radius 1 is 0.955 bits per heavy atom. The van der Waals surface area contributed by atoms with Gasteiger partial charge in [0.1, 0.15) is 0 Å². The van der Waals surface area contributed by atoms with Crippen molar-refractivity contribution in [1.82, 2.24) is 0 Å². The molecule has 22 heavy (non-hydrogen) atoms. The average Bonchev–Trinajstić information content (AvgIpc) is 2.46. The van der Waals surface area contributed by atoms with Gasteiger partial charge in [-0.3, -0.25) is 0 Å². The van der Waals surface area contributed by atoms with Crippen molar-refractivity contribution in [2.24, 2.45) is 0 Å². The second-order valence-corrected chi connectivity index (χ2v) is 5.40. The average molecular weight is 363 g/mol. The molecule has 117 valence electrons. The minimum Gasteiger partial charge on any atom is -0.412 e. The molecule has 0 saturated heterocycles. The van der Waals surface area contributed by atoms with Crippen molar-refractivity contribution in [3.8, 4) is 0 Å². The molecule has 0 fully saturated rings. The Bertz CT molecular complexity index is 585. The summed E-state index contributed by atoms with van der Waals surface area (Å²) < 4.78 is 1.18. The van der Waals surface area contributed by atoms with Crippen LogP contribution in [0, 0.1) is 0 Å². The van der Waals surface area contributed by atoms with E-state index in [1.165, 1.54) is 4.40 Å². The number of carbonyl (C=O) groups is 1. The summed E-state index contributed by atoms with van der Waals surface area (Å²) >= 11 is 2.03. The van der Waals surface area contributed by atoms with Crippen molar-refractivity contribution in [3.05, 3.63) is 66.2 Å². The van der Waals surface area contributed by atoms with Crippen LogP contribution < -0.4 is 9.30 Å². The van der Waals surface area contributed by atoms with Crippen molar-refractivity contribution in [3.63, 3.8) is 0 Å². The second kappa shape index (κ2) is 10.8. The second-order valence-electron chi connectivity index (χ2n) is 4.19. The molecule has 1 amide bonds. The summed E-state index contributed by atoms with van der Waals surface area (Å²) in [5.41, 5.74) is 1.92. The van der Waals surface area contributed by atoms with Gasteiger partial charge in [0.15, 0.2) is 0 Å². The van der Waals surface area contributed by atoms with Crippen molar-refractivity contribution in [1.29, 1.82) is 0 Å². The van der Waals surface area contributed by atoms with Gasteiger partial charge in [-0.05, 0) is 0 Å². The molecule has 0 aliphatic rings. The van der Waals surface area contributed by atoms with E-state index in [4.69, 9.17) is 0 Å². The zero-order chi connectivity index (χ0) is 13.7. The van der Waals surface area contributed by atoms with Gasteiger partial charge in [-0.2, -0.15) is 0 Å². The molecule has 2 aromatic carbocycles. The van der Waals surface area contributed by atoms with Crippen LogP contribution in [0.1, 0.15) is 5.56 Å². The summed E-state index contributed by atoms with van der Waals surface area (Å²) in [7, 11) is 1.78. The van der Waals surface area contributed by atoms with Crippen molar-refractivity contribution in [2.45, 2.75) is 0 Å². The predicted octanol–water partition coefficient (Wildman–Crippen LogP) is -0.318. The SMILES string of the molecule is CN(C(=O)C=Cc1ccccc1)c1cc[c]([Ge])cc1.O.O.O. The Balaban J connectivity index is 0. The molecule has 0 atom stereocenters. The van der Waals surface area contributed by atoms with Gasteiger partial charge in [0.05, 0.1) is 0 Å². The molecule has 0 spiro atoms. The van der Waals surface area contributed by atoms with Crippen molar-refractivity contribution < 1.29 is 21.2 Å². The Labute approximate surface area is 138 Å². The minimum absolute atomic E-state index is 0. The fourth-order valence-electron chi connectivity index (χ4n) is 1.66. The quantitative estimate of drug-likeness (QED) is 0.540. The zero-order valence-electron chi connectivity index (χ0n) is 12.2. The van der Waals surface area contributed by atoms with Crippen LogP contribution in [0.5, 0.6) is 0 Å². The molecular formula is C16H20GeNO4. The largest absolute Gasteiger partial charge is 0.412 e. The van der Waals surface area contributed by atoms with E-state index in [2.05, 4.69) is 0 Å². The van der Waals surface area contributed by atoms with Crippen LogP contribution in [-0.2, 0) is 4.79 Å². The molecule has 0 heterocycles. The summed E-state index contributed by atoms with van der Waals surface area (Å²) in [6.07, 6.45) is 3.42. The summed E-state index contributed by atoms with van der Waals surface area (Å²) in [6.45, 7) is 0. The van der Waals surface area contributed by atoms with E-state index in [-0.39, 0.29) is 22.3 Å². The first-order valence-corrected chi connectivity index (χ1v) is 7.04. The number of rotatable bonds is 3. The number of nitrogens with zero attached hydrogens (tertiary/aromatic N) is 1. The van der Waals surface area contributed by atoms with Crippen molar-refractivity contribution >= 4 is 38.6 Å². The Morgan fingerprint density at radius 2 is 1.50 bits per heavy atom. The van der Waals surface area contributed by atoms with Crippen LogP contribution in [0.4, 0.5) is 5.69 Å². The van der Waals surface area contributed by atoms with Crippen LogP contribution in [0.2, 0.25) is 0 Å². The van der Waals surface area contributed by atoms with Crippen LogP contribution in [0.25, 0.3) is 6.08 Å². The first-order chi connectivity index (χ1) is 9.16. The molecule has 2 rings (SSSR count). The van der Waals surface area contributed by atoms with Gasteiger partial charge in [-0.1, -0.05) is 0 Å². The molecule has 6 N–H and O–H groups in total. The third-order valence-electron chi connectivity index (χ3n) is 2.80. The van der Waals surface area contributed by atoms with Crippen molar-refractivity contribution in [2.75, 3.05) is 11.9 Å². The topological polar surface area (TPSA) is 115 Å². The fraction of sp³-hybridized carbons (Fsp3) is 0.0625. The molecule has 0 aromatic heterocycles. The molecule has 0 aliphatic carbocycles. The third kappa shape index (κ3) is 6.23. The fourth-order valence-corrected chi connectivity index (χ4v) is 2.01. The maximum atomic E-state index is 12.0. The smallest absolute Gasteiger partial charge is 0.412 e. The van der Waals surface area contributed by atoms with Gasteiger partial charge in [0.25, 0.3) is 0 Å². The maximum Gasteiger partial charge on any atom is -0.412 e. The molecule has 6 heteroatoms. The Hall–Kier alpha value is -1.93. The standard InChI is InChI=1S/C16H14GeNO.3H2O/c1-18(15-10-8-14(17)9-11-15)16(19)12-7-13-5-3-2-4-6-13;;;/h2-12H,1H3;3*1H2. The normalized spacial score (nSPS) is 9.18. The molecule has 0 aliphatic heterocycles. The molecular weight excluding hydrogens is 343 g/mol. The number of likely N-dealkylation sites (N-methyl/N-ethyl adjacent to an activating group) is 1. The van der Waals surface area contributed by atoms with Gasteiger partial charge in [0, 0.05) is 0 Å². The maximum absolute atomic E-state index is 12.0. The van der Waals surface area contributed by atoms with Crippen LogP contribution in [0.15, 0.2) is 60.7 Å². The number of anilines is 1. The zero-order valence-corrected chi connectivity index (χ0v) is 14.3. The molecule has 0 unspecified atom stereocenters. The van der Waals surface area contributed by atoms with Crippen LogP contribution in [0.3, 0.4) is 0 Å². The number of amides is 1. The molecule has 0 saturated carbocycles. The molecule has 5 nitrogen and oxygen atoms in total. The van der Waals surface area contributed by atoms with E-state index < -0.39 is 0 Å². The van der Waals surface area contributed by atoms with Crippen LogP contribution >= 0.6 is 0 Å². The predicted molar refractivity (Wildman–Crippen MR) is 91.6 cm³/mol. The first-order valence-electron chi connectivity index (χ1n) is 5.99. The summed E-state index contributed by atoms with van der Waals surface area (Å²) in [4.78, 5) is 13.7. The molecule has 2 aromatic rings. The van der Waals surface area contributed by atoms with Crippen LogP contribution in [-0.4, -0.2) is 45.9 Å². The first kappa shape index (κ1) is 22.4. The van der Waals surface area contributed by atoms with Gasteiger partial charge in [-0.15, -0.1) is 0 Å². The van der Waals surface area contributed by atoms with E-state index in [1.54, 1.807) is 18.0 Å². The molecule has 3 radical (unpaired) electrons. The van der Waals surface area contributed by atoms with E-state index >= 15 is 0 Å². The van der Waals surface area contributed by atoms with E-state index in [0.717, 1.165) is 11.3 Å². The number of hydrogen-bond acceptors (Lipinski definition) is 1. The Kier molecular flexibility index (Phi) is 10.9. The number of carbonyl (C=O) groups excluding carboxylic acids is 1. The summed E-state index contributed by atoms with van der Waals surface area (Å²) in [6, 6.07) is 17.7. The minimum atomic E-state index is -0.0345. The van der Waals surface area contributed by atoms with E-state index in [0.29, 0.717) is 0 Å². The third-order valence-corrected chi connectivity index (χ3v) is 3.50. The molecule has 0 bridgehead atoms. The summed E-state index contributed by atoms with van der Waals surface area (Å²) in [5, 5.41) is 0. The van der Waals surface area contributed by atoms with E-state index in [1.807, 2.05) is 77.2 Å². The van der Waals surface area contributed by atoms with E-state index in [9.17, 15) is 4.79 Å². The van der Waals surface area contributed by atoms with Gasteiger partial charge in [-0.25, -0.2) is 0 Å². The number of benzene rings is 2. The van der Waals surface area contributed by atoms with Gasteiger partial charge < -0.3 is 16.4 Å². The Morgan fingerprint density at radius 3 is 2.05 bits per heavy atom. The van der Waals surface area contributed by atoms with Gasteiger partial charge in [0.2, 0.25) is 0 Å². The van der Waals surface area contributed by atoms with Gasteiger partial charge >= 0.3 is 122 Å².